The molecule has 0 bridgehead atoms. The molecule has 28 heavy (non-hydrogen) atoms. The quantitative estimate of drug-likeness (QED) is 0.434. The molecule has 0 aliphatic carbocycles. The fraction of sp³-hybridized carbons (Fsp3) is 0.556. The van der Waals surface area contributed by atoms with Crippen LogP contribution in [0, 0.1) is 10.1 Å². The van der Waals surface area contributed by atoms with Gasteiger partial charge in [0.2, 0.25) is 5.91 Å². The maximum absolute atomic E-state index is 12.7. The van der Waals surface area contributed by atoms with Crippen LogP contribution in [0.25, 0.3) is 0 Å². The molecule has 10 heteroatoms. The van der Waals surface area contributed by atoms with Crippen molar-refractivity contribution in [2.75, 3.05) is 26.7 Å². The van der Waals surface area contributed by atoms with Gasteiger partial charge < -0.3 is 15.0 Å². The molecule has 1 aromatic rings. The van der Waals surface area contributed by atoms with Gasteiger partial charge in [0, 0.05) is 37.0 Å². The molecule has 3 atom stereocenters. The third-order valence-corrected chi connectivity index (χ3v) is 5.52. The van der Waals surface area contributed by atoms with E-state index in [0.717, 1.165) is 13.0 Å². The molecule has 0 unspecified atom stereocenters. The molecule has 0 saturated carbocycles. The Bertz CT molecular complexity index is 744. The third-order valence-electron chi connectivity index (χ3n) is 5.15. The molecule has 0 radical (unpaired) electrons. The monoisotopic (exact) mass is 408 g/mol. The lowest BCUT2D eigenvalue weighted by Gasteiger charge is -2.25. The zero-order valence-electron chi connectivity index (χ0n) is 15.6. The van der Waals surface area contributed by atoms with Crippen LogP contribution in [0.5, 0.6) is 0 Å². The van der Waals surface area contributed by atoms with Gasteiger partial charge in [-0.15, -0.1) is 0 Å². The number of carbonyl (C=O) groups excluding carboxylic acids is 2. The summed E-state index contributed by atoms with van der Waals surface area (Å²) in [5.41, 5.74) is 0.649. The topological polar surface area (TPSA) is 105 Å². The first kappa shape index (κ1) is 20.4. The first-order valence-corrected chi connectivity index (χ1v) is 9.69. The van der Waals surface area contributed by atoms with Gasteiger partial charge in [-0.1, -0.05) is 0 Å². The number of non-ortho nitro benzene ring substituents is 1. The van der Waals surface area contributed by atoms with E-state index in [-0.39, 0.29) is 35.5 Å². The van der Waals surface area contributed by atoms with Crippen molar-refractivity contribution in [1.82, 2.24) is 15.1 Å². The number of nitro benzene ring substituents is 1. The minimum Gasteiger partial charge on any atom is -0.445 e. The van der Waals surface area contributed by atoms with E-state index in [2.05, 4.69) is 17.9 Å². The first-order chi connectivity index (χ1) is 13.3. The van der Waals surface area contributed by atoms with E-state index in [1.54, 1.807) is 17.0 Å². The highest BCUT2D eigenvalue weighted by molar-refractivity contribution is 7.81. The second-order valence-electron chi connectivity index (χ2n) is 7.26. The summed E-state index contributed by atoms with van der Waals surface area (Å²) in [4.78, 5) is 38.7. The number of likely N-dealkylation sites (N-methyl/N-ethyl adjacent to an activating group) is 1. The summed E-state index contributed by atoms with van der Waals surface area (Å²) in [7, 11) is 1.93. The Morgan fingerprint density at radius 2 is 2.04 bits per heavy atom. The Morgan fingerprint density at radius 3 is 2.64 bits per heavy atom. The second kappa shape index (κ2) is 8.78. The Balaban J connectivity index is 1.43. The van der Waals surface area contributed by atoms with Crippen LogP contribution in [0.15, 0.2) is 24.3 Å². The lowest BCUT2D eigenvalue weighted by molar-refractivity contribution is -0.384. The van der Waals surface area contributed by atoms with Crippen LogP contribution in [0.3, 0.4) is 0 Å². The molecular weight excluding hydrogens is 384 g/mol. The number of carbonyl (C=O) groups is 2. The molecule has 2 amide bonds. The fourth-order valence-electron chi connectivity index (χ4n) is 3.62. The lowest BCUT2D eigenvalue weighted by Crippen LogP contribution is -2.45. The molecular formula is C18H24N4O5S. The van der Waals surface area contributed by atoms with E-state index in [1.807, 2.05) is 11.9 Å². The van der Waals surface area contributed by atoms with E-state index >= 15 is 0 Å². The average molecular weight is 408 g/mol. The van der Waals surface area contributed by atoms with Gasteiger partial charge in [0.05, 0.1) is 17.0 Å². The largest absolute Gasteiger partial charge is 0.445 e. The van der Waals surface area contributed by atoms with Gasteiger partial charge in [0.15, 0.2) is 0 Å². The van der Waals surface area contributed by atoms with Crippen LogP contribution in [0.2, 0.25) is 0 Å². The molecule has 2 aliphatic rings. The summed E-state index contributed by atoms with van der Waals surface area (Å²) in [5, 5.41) is 13.6. The van der Waals surface area contributed by atoms with Gasteiger partial charge in [0.1, 0.15) is 6.61 Å². The Labute approximate surface area is 168 Å². The highest BCUT2D eigenvalue weighted by atomic mass is 32.1. The number of hydrogen-bond donors (Lipinski definition) is 2. The van der Waals surface area contributed by atoms with E-state index in [9.17, 15) is 19.7 Å². The summed E-state index contributed by atoms with van der Waals surface area (Å²) in [6.45, 7) is 1.89. The van der Waals surface area contributed by atoms with Gasteiger partial charge in [-0.25, -0.2) is 4.79 Å². The van der Waals surface area contributed by atoms with E-state index in [0.29, 0.717) is 25.1 Å². The molecule has 0 aromatic heterocycles. The molecule has 1 aromatic carbocycles. The van der Waals surface area contributed by atoms with Crippen molar-refractivity contribution < 1.29 is 19.2 Å². The van der Waals surface area contributed by atoms with Crippen molar-refractivity contribution in [2.45, 2.75) is 36.8 Å². The summed E-state index contributed by atoms with van der Waals surface area (Å²) < 4.78 is 5.18. The number of rotatable bonds is 5. The summed E-state index contributed by atoms with van der Waals surface area (Å²) >= 11 is 4.46. The van der Waals surface area contributed by atoms with E-state index in [4.69, 9.17) is 4.74 Å². The molecule has 0 spiro atoms. The smallest absolute Gasteiger partial charge is 0.407 e. The Kier molecular flexibility index (Phi) is 6.40. The molecule has 2 aliphatic heterocycles. The predicted octanol–water partition coefficient (Wildman–Crippen LogP) is 1.42. The number of amides is 2. The van der Waals surface area contributed by atoms with E-state index in [1.165, 1.54) is 12.1 Å². The normalized spacial score (nSPS) is 24.9. The van der Waals surface area contributed by atoms with Crippen molar-refractivity contribution >= 4 is 30.3 Å². The standard InChI is InChI=1S/C18H24N4O5S/c1-20-10-15(28)8-16(20)17(23)21-7-6-13(9-21)19-18(24)27-11-12-2-4-14(5-3-12)22(25)26/h2-5,13,15-16,28H,6-11H2,1H3,(H,19,24)/t13-,15+,16+/m1/s1. The minimum atomic E-state index is -0.564. The van der Waals surface area contributed by atoms with Crippen molar-refractivity contribution in [3.63, 3.8) is 0 Å². The number of alkyl carbamates (subject to hydrolysis) is 1. The van der Waals surface area contributed by atoms with Crippen molar-refractivity contribution in [3.05, 3.63) is 39.9 Å². The number of thiol groups is 1. The molecule has 2 saturated heterocycles. The molecule has 3 rings (SSSR count). The second-order valence-corrected chi connectivity index (χ2v) is 7.99. The maximum Gasteiger partial charge on any atom is 0.407 e. The van der Waals surface area contributed by atoms with E-state index < -0.39 is 11.0 Å². The van der Waals surface area contributed by atoms with Gasteiger partial charge in [-0.3, -0.25) is 19.8 Å². The van der Waals surface area contributed by atoms with Crippen LogP contribution < -0.4 is 5.32 Å². The molecule has 2 fully saturated rings. The fourth-order valence-corrected chi connectivity index (χ4v) is 4.08. The Hall–Kier alpha value is -2.33. The number of nitro groups is 1. The first-order valence-electron chi connectivity index (χ1n) is 9.17. The summed E-state index contributed by atoms with van der Waals surface area (Å²) in [6.07, 6.45) is 0.856. The number of ether oxygens (including phenoxy) is 1. The van der Waals surface area contributed by atoms with Gasteiger partial charge in [-0.05, 0) is 37.6 Å². The average Bonchev–Trinajstić information content (AvgIpc) is 3.25. The van der Waals surface area contributed by atoms with Crippen LogP contribution in [-0.2, 0) is 16.1 Å². The minimum absolute atomic E-state index is 0.0129. The van der Waals surface area contributed by atoms with Crippen LogP contribution in [0.1, 0.15) is 18.4 Å². The third kappa shape index (κ3) is 4.93. The number of nitrogens with zero attached hydrogens (tertiary/aromatic N) is 3. The number of nitrogens with one attached hydrogen (secondary N) is 1. The van der Waals surface area contributed by atoms with Gasteiger partial charge in [0.25, 0.3) is 5.69 Å². The molecule has 2 heterocycles. The number of hydrogen-bond acceptors (Lipinski definition) is 7. The Morgan fingerprint density at radius 1 is 1.32 bits per heavy atom. The SMILES string of the molecule is CN1C[C@@H](S)C[C@H]1C(=O)N1CC[C@@H](NC(=O)OCc2ccc([N+](=O)[O-])cc2)C1. The maximum atomic E-state index is 12.7. The van der Waals surface area contributed by atoms with Crippen molar-refractivity contribution in [2.24, 2.45) is 0 Å². The highest BCUT2D eigenvalue weighted by Gasteiger charge is 2.38. The summed E-state index contributed by atoms with van der Waals surface area (Å²) in [5.74, 6) is 0.0857. The van der Waals surface area contributed by atoms with Crippen molar-refractivity contribution in [1.29, 1.82) is 0 Å². The zero-order chi connectivity index (χ0) is 20.3. The summed E-state index contributed by atoms with van der Waals surface area (Å²) in [6, 6.07) is 5.54. The van der Waals surface area contributed by atoms with Gasteiger partial charge in [-0.2, -0.15) is 12.6 Å². The predicted molar refractivity (Wildman–Crippen MR) is 105 cm³/mol. The zero-order valence-corrected chi connectivity index (χ0v) is 16.5. The highest BCUT2D eigenvalue weighted by Crippen LogP contribution is 2.23. The van der Waals surface area contributed by atoms with Crippen LogP contribution in [0.4, 0.5) is 10.5 Å². The molecule has 9 nitrogen and oxygen atoms in total. The molecule has 1 N–H and O–H groups in total. The molecule has 152 valence electrons. The lowest BCUT2D eigenvalue weighted by atomic mass is 10.2. The number of likely N-dealkylation sites (tertiary alicyclic amines) is 2. The van der Waals surface area contributed by atoms with Crippen LogP contribution >= 0.6 is 12.6 Å². The van der Waals surface area contributed by atoms with Crippen molar-refractivity contribution in [3.8, 4) is 0 Å². The van der Waals surface area contributed by atoms with Gasteiger partial charge >= 0.3 is 6.09 Å². The van der Waals surface area contributed by atoms with Crippen LogP contribution in [-0.4, -0.2) is 70.7 Å². The number of benzene rings is 1.